The van der Waals surface area contributed by atoms with E-state index >= 15 is 0 Å². The monoisotopic (exact) mass is 293 g/mol. The Morgan fingerprint density at radius 2 is 1.82 bits per heavy atom. The zero-order valence-corrected chi connectivity index (χ0v) is 12.0. The highest BCUT2D eigenvalue weighted by atomic mass is 16.5. The van der Waals surface area contributed by atoms with Crippen molar-refractivity contribution in [2.24, 2.45) is 0 Å². The van der Waals surface area contributed by atoms with E-state index in [-0.39, 0.29) is 5.95 Å². The Morgan fingerprint density at radius 3 is 2.55 bits per heavy atom. The van der Waals surface area contributed by atoms with Crippen LogP contribution in [0.2, 0.25) is 0 Å². The van der Waals surface area contributed by atoms with Crippen molar-refractivity contribution in [3.05, 3.63) is 48.8 Å². The molecule has 0 bridgehead atoms. The van der Waals surface area contributed by atoms with Crippen molar-refractivity contribution in [2.75, 3.05) is 18.6 Å². The molecule has 0 saturated heterocycles. The number of ether oxygens (including phenoxy) is 1. The fourth-order valence-electron chi connectivity index (χ4n) is 2.33. The van der Waals surface area contributed by atoms with Crippen molar-refractivity contribution in [2.45, 2.75) is 0 Å². The first-order valence-corrected chi connectivity index (χ1v) is 6.67. The lowest BCUT2D eigenvalue weighted by atomic mass is 10.0. The standard InChI is InChI=1S/C16H15N5O/c1-22-12-7-3-2-6-11(12)14-13(10-5-4-8-19-9-10)15(17)21-16(18)20-14/h2-9H,1H3,(H4,17,18,20,21). The number of rotatable bonds is 3. The highest BCUT2D eigenvalue weighted by molar-refractivity contribution is 5.89. The second-order valence-corrected chi connectivity index (χ2v) is 4.63. The van der Waals surface area contributed by atoms with E-state index in [0.717, 1.165) is 11.1 Å². The van der Waals surface area contributed by atoms with Gasteiger partial charge in [-0.2, -0.15) is 4.98 Å². The Hall–Kier alpha value is -3.15. The molecule has 2 heterocycles. The predicted molar refractivity (Wildman–Crippen MR) is 86.1 cm³/mol. The van der Waals surface area contributed by atoms with Crippen LogP contribution in [0.4, 0.5) is 11.8 Å². The molecule has 0 aliphatic carbocycles. The van der Waals surface area contributed by atoms with Crippen LogP contribution in [0.3, 0.4) is 0 Å². The van der Waals surface area contributed by atoms with Crippen LogP contribution >= 0.6 is 0 Å². The van der Waals surface area contributed by atoms with Crippen LogP contribution < -0.4 is 16.2 Å². The van der Waals surface area contributed by atoms with Gasteiger partial charge in [-0.1, -0.05) is 18.2 Å². The molecule has 22 heavy (non-hydrogen) atoms. The van der Waals surface area contributed by atoms with E-state index in [1.807, 2.05) is 36.4 Å². The van der Waals surface area contributed by atoms with Gasteiger partial charge in [0, 0.05) is 23.5 Å². The summed E-state index contributed by atoms with van der Waals surface area (Å²) in [5, 5.41) is 0. The average Bonchev–Trinajstić information content (AvgIpc) is 2.55. The second-order valence-electron chi connectivity index (χ2n) is 4.63. The quantitative estimate of drug-likeness (QED) is 0.769. The number of nitrogens with zero attached hydrogens (tertiary/aromatic N) is 3. The number of hydrogen-bond donors (Lipinski definition) is 2. The molecule has 110 valence electrons. The van der Waals surface area contributed by atoms with Crippen molar-refractivity contribution >= 4 is 11.8 Å². The molecular weight excluding hydrogens is 278 g/mol. The maximum Gasteiger partial charge on any atom is 0.222 e. The molecular formula is C16H15N5O. The Balaban J connectivity index is 2.32. The first-order valence-electron chi connectivity index (χ1n) is 6.67. The molecule has 0 unspecified atom stereocenters. The SMILES string of the molecule is COc1ccccc1-c1nc(N)nc(N)c1-c1cccnc1. The maximum atomic E-state index is 6.08. The Labute approximate surface area is 127 Å². The molecule has 3 aromatic rings. The summed E-state index contributed by atoms with van der Waals surface area (Å²) < 4.78 is 5.41. The van der Waals surface area contributed by atoms with Gasteiger partial charge in [-0.3, -0.25) is 4.98 Å². The Kier molecular flexibility index (Phi) is 3.57. The maximum absolute atomic E-state index is 6.08. The van der Waals surface area contributed by atoms with E-state index in [1.54, 1.807) is 19.5 Å². The molecule has 0 aliphatic rings. The molecule has 0 amide bonds. The molecule has 2 aromatic heterocycles. The van der Waals surface area contributed by atoms with E-state index in [2.05, 4.69) is 15.0 Å². The van der Waals surface area contributed by atoms with Gasteiger partial charge >= 0.3 is 0 Å². The highest BCUT2D eigenvalue weighted by Gasteiger charge is 2.18. The van der Waals surface area contributed by atoms with Crippen LogP contribution in [0.1, 0.15) is 0 Å². The first kappa shape index (κ1) is 13.8. The lowest BCUT2D eigenvalue weighted by Crippen LogP contribution is -2.05. The van der Waals surface area contributed by atoms with Crippen LogP contribution in [-0.4, -0.2) is 22.1 Å². The van der Waals surface area contributed by atoms with Crippen LogP contribution in [0.15, 0.2) is 48.8 Å². The van der Waals surface area contributed by atoms with Gasteiger partial charge in [0.15, 0.2) is 0 Å². The van der Waals surface area contributed by atoms with E-state index in [1.165, 1.54) is 0 Å². The third-order valence-electron chi connectivity index (χ3n) is 3.27. The number of anilines is 2. The molecule has 0 aliphatic heterocycles. The summed E-state index contributed by atoms with van der Waals surface area (Å²) in [4.78, 5) is 12.6. The van der Waals surface area contributed by atoms with Crippen LogP contribution in [0, 0.1) is 0 Å². The molecule has 4 N–H and O–H groups in total. The van der Waals surface area contributed by atoms with Gasteiger partial charge in [0.1, 0.15) is 11.6 Å². The third-order valence-corrected chi connectivity index (χ3v) is 3.27. The normalized spacial score (nSPS) is 10.4. The van der Waals surface area contributed by atoms with E-state index in [0.29, 0.717) is 22.8 Å². The van der Waals surface area contributed by atoms with Crippen molar-refractivity contribution < 1.29 is 4.74 Å². The molecule has 6 nitrogen and oxygen atoms in total. The summed E-state index contributed by atoms with van der Waals surface area (Å²) in [5.74, 6) is 1.11. The number of nitrogens with two attached hydrogens (primary N) is 2. The minimum atomic E-state index is 0.117. The molecule has 6 heteroatoms. The topological polar surface area (TPSA) is 99.9 Å². The zero-order chi connectivity index (χ0) is 15.5. The van der Waals surface area contributed by atoms with Crippen molar-refractivity contribution in [3.8, 4) is 28.1 Å². The van der Waals surface area contributed by atoms with Gasteiger partial charge in [-0.15, -0.1) is 0 Å². The average molecular weight is 293 g/mol. The number of para-hydroxylation sites is 1. The van der Waals surface area contributed by atoms with Gasteiger partial charge in [0.2, 0.25) is 5.95 Å². The smallest absolute Gasteiger partial charge is 0.222 e. The predicted octanol–water partition coefficient (Wildman–Crippen LogP) is 2.38. The zero-order valence-electron chi connectivity index (χ0n) is 12.0. The summed E-state index contributed by atoms with van der Waals surface area (Å²) in [5.41, 5.74) is 14.8. The lowest BCUT2D eigenvalue weighted by molar-refractivity contribution is 0.416. The molecule has 0 radical (unpaired) electrons. The minimum Gasteiger partial charge on any atom is -0.496 e. The molecule has 0 fully saturated rings. The number of benzene rings is 1. The molecule has 1 aromatic carbocycles. The third kappa shape index (κ3) is 2.42. The fraction of sp³-hybridized carbons (Fsp3) is 0.0625. The van der Waals surface area contributed by atoms with Gasteiger partial charge in [0.05, 0.1) is 18.4 Å². The highest BCUT2D eigenvalue weighted by Crippen LogP contribution is 2.38. The van der Waals surface area contributed by atoms with Crippen molar-refractivity contribution in [1.82, 2.24) is 15.0 Å². The van der Waals surface area contributed by atoms with Gasteiger partial charge in [-0.05, 0) is 18.2 Å². The van der Waals surface area contributed by atoms with Gasteiger partial charge in [-0.25, -0.2) is 4.98 Å². The molecule has 3 rings (SSSR count). The second kappa shape index (κ2) is 5.69. The molecule has 0 atom stereocenters. The van der Waals surface area contributed by atoms with Crippen LogP contribution in [0.25, 0.3) is 22.4 Å². The minimum absolute atomic E-state index is 0.117. The van der Waals surface area contributed by atoms with E-state index in [9.17, 15) is 0 Å². The summed E-state index contributed by atoms with van der Waals surface area (Å²) >= 11 is 0. The number of hydrogen-bond acceptors (Lipinski definition) is 6. The summed E-state index contributed by atoms with van der Waals surface area (Å²) in [6.07, 6.45) is 3.41. The number of methoxy groups -OCH3 is 1. The largest absolute Gasteiger partial charge is 0.496 e. The summed E-state index contributed by atoms with van der Waals surface area (Å²) in [6.45, 7) is 0. The van der Waals surface area contributed by atoms with Gasteiger partial charge in [0.25, 0.3) is 0 Å². The van der Waals surface area contributed by atoms with E-state index in [4.69, 9.17) is 16.2 Å². The van der Waals surface area contributed by atoms with Crippen LogP contribution in [-0.2, 0) is 0 Å². The van der Waals surface area contributed by atoms with Crippen molar-refractivity contribution in [1.29, 1.82) is 0 Å². The fourth-order valence-corrected chi connectivity index (χ4v) is 2.33. The van der Waals surface area contributed by atoms with Crippen LogP contribution in [0.5, 0.6) is 5.75 Å². The number of nitrogen functional groups attached to an aromatic ring is 2. The molecule has 0 saturated carbocycles. The first-order chi connectivity index (χ1) is 10.7. The number of pyridine rings is 1. The Bertz CT molecular complexity index is 805. The number of aromatic nitrogens is 3. The lowest BCUT2D eigenvalue weighted by Gasteiger charge is -2.14. The molecule has 0 spiro atoms. The van der Waals surface area contributed by atoms with Gasteiger partial charge < -0.3 is 16.2 Å². The Morgan fingerprint density at radius 1 is 1.00 bits per heavy atom. The van der Waals surface area contributed by atoms with E-state index < -0.39 is 0 Å². The summed E-state index contributed by atoms with van der Waals surface area (Å²) in [6, 6.07) is 11.3. The summed E-state index contributed by atoms with van der Waals surface area (Å²) in [7, 11) is 1.61. The van der Waals surface area contributed by atoms with Crippen molar-refractivity contribution in [3.63, 3.8) is 0 Å².